The summed E-state index contributed by atoms with van der Waals surface area (Å²) in [7, 11) is 1.64. The number of hydrogen-bond acceptors (Lipinski definition) is 7. The molecule has 0 bridgehead atoms. The topological polar surface area (TPSA) is 78.9 Å². The molecule has 2 heterocycles. The second-order valence-electron chi connectivity index (χ2n) is 6.35. The largest absolute Gasteiger partial charge is 0.497 e. The minimum Gasteiger partial charge on any atom is -0.497 e. The average Bonchev–Trinajstić information content (AvgIpc) is 3.42. The lowest BCUT2D eigenvalue weighted by Gasteiger charge is -2.09. The number of benzene rings is 2. The Hall–Kier alpha value is -3.13. The molecule has 0 amide bonds. The number of rotatable bonds is 7. The molecule has 1 atom stereocenters. The molecule has 0 radical (unpaired) electrons. The maximum Gasteiger partial charge on any atom is 0.247 e. The van der Waals surface area contributed by atoms with Gasteiger partial charge in [0.05, 0.1) is 12.4 Å². The standard InChI is InChI=1S/C21H21N5O2S/c1-4-26-18(15-8-6-5-7-9-15)22-25-21(26)29-14(2)19-23-24-20(28-19)16-10-12-17(27-3)13-11-16/h5-14H,4H2,1-3H3/t14-/m0/s1. The molecule has 2 aromatic heterocycles. The predicted molar refractivity (Wildman–Crippen MR) is 112 cm³/mol. The van der Waals surface area contributed by atoms with E-state index >= 15 is 0 Å². The molecule has 0 saturated carbocycles. The maximum absolute atomic E-state index is 5.90. The Morgan fingerprint density at radius 3 is 2.41 bits per heavy atom. The molecule has 0 saturated heterocycles. The van der Waals surface area contributed by atoms with Gasteiger partial charge in [-0.3, -0.25) is 0 Å². The smallest absolute Gasteiger partial charge is 0.247 e. The first-order valence-corrected chi connectivity index (χ1v) is 10.2. The highest BCUT2D eigenvalue weighted by molar-refractivity contribution is 7.99. The van der Waals surface area contributed by atoms with Gasteiger partial charge in [-0.2, -0.15) is 0 Å². The molecule has 0 aliphatic carbocycles. The van der Waals surface area contributed by atoms with Crippen LogP contribution < -0.4 is 4.74 Å². The third kappa shape index (κ3) is 4.02. The predicted octanol–water partition coefficient (Wildman–Crippen LogP) is 4.88. The van der Waals surface area contributed by atoms with Gasteiger partial charge in [0.1, 0.15) is 5.75 Å². The first kappa shape index (κ1) is 19.2. The molecule has 0 fully saturated rings. The highest BCUT2D eigenvalue weighted by Crippen LogP contribution is 2.35. The van der Waals surface area contributed by atoms with Gasteiger partial charge in [0, 0.05) is 17.7 Å². The van der Waals surface area contributed by atoms with Crippen LogP contribution in [0.5, 0.6) is 5.75 Å². The highest BCUT2D eigenvalue weighted by Gasteiger charge is 2.21. The zero-order chi connectivity index (χ0) is 20.2. The number of hydrogen-bond donors (Lipinski definition) is 0. The lowest BCUT2D eigenvalue weighted by atomic mass is 10.2. The molecule has 0 spiro atoms. The van der Waals surface area contributed by atoms with Gasteiger partial charge in [-0.1, -0.05) is 42.1 Å². The summed E-state index contributed by atoms with van der Waals surface area (Å²) in [6.07, 6.45) is 0. The molecule has 4 aromatic rings. The Morgan fingerprint density at radius 2 is 1.72 bits per heavy atom. The normalized spacial score (nSPS) is 12.1. The lowest BCUT2D eigenvalue weighted by Crippen LogP contribution is -2.01. The van der Waals surface area contributed by atoms with Gasteiger partial charge in [0.2, 0.25) is 11.8 Å². The van der Waals surface area contributed by atoms with Crippen LogP contribution >= 0.6 is 11.8 Å². The third-order valence-electron chi connectivity index (χ3n) is 4.47. The van der Waals surface area contributed by atoms with Gasteiger partial charge in [0.25, 0.3) is 0 Å². The van der Waals surface area contributed by atoms with Crippen LogP contribution in [-0.2, 0) is 6.54 Å². The third-order valence-corrected chi connectivity index (χ3v) is 5.54. The quantitative estimate of drug-likeness (QED) is 0.404. The molecule has 0 aliphatic heterocycles. The second kappa shape index (κ2) is 8.48. The molecule has 0 N–H and O–H groups in total. The van der Waals surface area contributed by atoms with E-state index in [4.69, 9.17) is 9.15 Å². The number of nitrogens with zero attached hydrogens (tertiary/aromatic N) is 5. The number of thioether (sulfide) groups is 1. The Kier molecular flexibility index (Phi) is 5.62. The SMILES string of the molecule is CCn1c(S[C@@H](C)c2nnc(-c3ccc(OC)cc3)o2)nnc1-c1ccccc1. The minimum atomic E-state index is -0.0624. The van der Waals surface area contributed by atoms with E-state index in [1.54, 1.807) is 18.9 Å². The zero-order valence-corrected chi connectivity index (χ0v) is 17.3. The van der Waals surface area contributed by atoms with Gasteiger partial charge in [-0.25, -0.2) is 0 Å². The minimum absolute atomic E-state index is 0.0624. The van der Waals surface area contributed by atoms with Crippen molar-refractivity contribution in [3.05, 3.63) is 60.5 Å². The first-order chi connectivity index (χ1) is 14.2. The molecule has 0 unspecified atom stereocenters. The van der Waals surface area contributed by atoms with Gasteiger partial charge >= 0.3 is 0 Å². The fourth-order valence-corrected chi connectivity index (χ4v) is 3.86. The molecule has 4 rings (SSSR count). The van der Waals surface area contributed by atoms with Gasteiger partial charge < -0.3 is 13.7 Å². The van der Waals surface area contributed by atoms with Crippen LogP contribution in [0.1, 0.15) is 25.0 Å². The van der Waals surface area contributed by atoms with Crippen molar-refractivity contribution >= 4 is 11.8 Å². The average molecular weight is 407 g/mol. The van der Waals surface area contributed by atoms with Crippen molar-refractivity contribution < 1.29 is 9.15 Å². The Labute approximate surface area is 173 Å². The Balaban J connectivity index is 1.53. The molecule has 8 heteroatoms. The second-order valence-corrected chi connectivity index (χ2v) is 7.66. The van der Waals surface area contributed by atoms with Crippen molar-refractivity contribution in [3.63, 3.8) is 0 Å². The van der Waals surface area contributed by atoms with Crippen molar-refractivity contribution in [2.24, 2.45) is 0 Å². The summed E-state index contributed by atoms with van der Waals surface area (Å²) < 4.78 is 13.2. The molecular weight excluding hydrogens is 386 g/mol. The van der Waals surface area contributed by atoms with E-state index in [2.05, 4.69) is 31.9 Å². The van der Waals surface area contributed by atoms with E-state index in [-0.39, 0.29) is 5.25 Å². The summed E-state index contributed by atoms with van der Waals surface area (Å²) in [5, 5.41) is 17.9. The summed E-state index contributed by atoms with van der Waals surface area (Å²) in [6, 6.07) is 17.6. The summed E-state index contributed by atoms with van der Waals surface area (Å²) in [4.78, 5) is 0. The summed E-state index contributed by atoms with van der Waals surface area (Å²) >= 11 is 1.55. The number of methoxy groups -OCH3 is 1. The van der Waals surface area contributed by atoms with Crippen molar-refractivity contribution in [3.8, 4) is 28.6 Å². The van der Waals surface area contributed by atoms with Crippen molar-refractivity contribution in [2.45, 2.75) is 30.8 Å². The van der Waals surface area contributed by atoms with Crippen LogP contribution in [0.3, 0.4) is 0 Å². The number of ether oxygens (including phenoxy) is 1. The maximum atomic E-state index is 5.90. The lowest BCUT2D eigenvalue weighted by molar-refractivity contribution is 0.415. The molecule has 29 heavy (non-hydrogen) atoms. The van der Waals surface area contributed by atoms with E-state index in [1.807, 2.05) is 61.5 Å². The van der Waals surface area contributed by atoms with Crippen molar-refractivity contribution in [1.29, 1.82) is 0 Å². The first-order valence-electron chi connectivity index (χ1n) is 9.32. The van der Waals surface area contributed by atoms with E-state index in [0.717, 1.165) is 34.4 Å². The summed E-state index contributed by atoms with van der Waals surface area (Å²) in [6.45, 7) is 4.87. The van der Waals surface area contributed by atoms with Crippen LogP contribution in [0, 0.1) is 0 Å². The molecular formula is C21H21N5O2S. The van der Waals surface area contributed by atoms with Gasteiger partial charge in [-0.05, 0) is 38.1 Å². The van der Waals surface area contributed by atoms with Crippen LogP contribution in [0.2, 0.25) is 0 Å². The van der Waals surface area contributed by atoms with Crippen molar-refractivity contribution in [2.75, 3.05) is 7.11 Å². The van der Waals surface area contributed by atoms with E-state index in [9.17, 15) is 0 Å². The fraction of sp³-hybridized carbons (Fsp3) is 0.238. The van der Waals surface area contributed by atoms with Crippen LogP contribution in [0.25, 0.3) is 22.8 Å². The fourth-order valence-electron chi connectivity index (χ4n) is 2.92. The molecule has 2 aromatic carbocycles. The van der Waals surface area contributed by atoms with E-state index < -0.39 is 0 Å². The Morgan fingerprint density at radius 1 is 0.966 bits per heavy atom. The van der Waals surface area contributed by atoms with Crippen LogP contribution in [0.15, 0.2) is 64.2 Å². The van der Waals surface area contributed by atoms with Crippen LogP contribution in [-0.4, -0.2) is 32.1 Å². The van der Waals surface area contributed by atoms with Crippen LogP contribution in [0.4, 0.5) is 0 Å². The number of aromatic nitrogens is 5. The monoisotopic (exact) mass is 407 g/mol. The summed E-state index contributed by atoms with van der Waals surface area (Å²) in [5.74, 6) is 2.67. The van der Waals surface area contributed by atoms with Gasteiger partial charge in [-0.15, -0.1) is 20.4 Å². The van der Waals surface area contributed by atoms with E-state index in [1.165, 1.54) is 0 Å². The van der Waals surface area contributed by atoms with Gasteiger partial charge in [0.15, 0.2) is 11.0 Å². The van der Waals surface area contributed by atoms with E-state index in [0.29, 0.717) is 11.8 Å². The Bertz CT molecular complexity index is 1080. The summed E-state index contributed by atoms with van der Waals surface area (Å²) in [5.41, 5.74) is 1.89. The molecule has 148 valence electrons. The highest BCUT2D eigenvalue weighted by atomic mass is 32.2. The zero-order valence-electron chi connectivity index (χ0n) is 16.4. The molecule has 7 nitrogen and oxygen atoms in total. The van der Waals surface area contributed by atoms with Crippen molar-refractivity contribution in [1.82, 2.24) is 25.0 Å². The molecule has 0 aliphatic rings.